The van der Waals surface area contributed by atoms with Gasteiger partial charge < -0.3 is 10.4 Å². The summed E-state index contributed by atoms with van der Waals surface area (Å²) in [5.74, 6) is 0.324. The van der Waals surface area contributed by atoms with Gasteiger partial charge >= 0.3 is 0 Å². The largest absolute Gasteiger partial charge is 0.393 e. The van der Waals surface area contributed by atoms with Gasteiger partial charge in [-0.05, 0) is 37.3 Å². The van der Waals surface area contributed by atoms with Crippen molar-refractivity contribution in [2.45, 2.75) is 25.4 Å². The van der Waals surface area contributed by atoms with Gasteiger partial charge in [-0.2, -0.15) is 0 Å². The zero-order valence-electron chi connectivity index (χ0n) is 9.10. The maximum absolute atomic E-state index is 11.7. The molecule has 2 N–H and O–H groups in total. The molecule has 2 unspecified atom stereocenters. The molecule has 4 nitrogen and oxygen atoms in total. The zero-order valence-corrected chi connectivity index (χ0v) is 9.10. The fourth-order valence-corrected chi connectivity index (χ4v) is 2.07. The fourth-order valence-electron chi connectivity index (χ4n) is 2.07. The molecule has 0 spiro atoms. The molecule has 2 atom stereocenters. The Balaban J connectivity index is 1.80. The number of aromatic nitrogens is 1. The minimum atomic E-state index is -0.180. The number of aliphatic hydroxyl groups is 1. The third-order valence-corrected chi connectivity index (χ3v) is 2.99. The number of carbonyl (C=O) groups is 1. The van der Waals surface area contributed by atoms with Crippen molar-refractivity contribution < 1.29 is 9.90 Å². The highest BCUT2D eigenvalue weighted by Crippen LogP contribution is 2.24. The minimum absolute atomic E-state index is 0.0884. The average molecular weight is 220 g/mol. The van der Waals surface area contributed by atoms with Crippen LogP contribution in [0.2, 0.25) is 0 Å². The Kier molecular flexibility index (Phi) is 3.51. The van der Waals surface area contributed by atoms with E-state index in [9.17, 15) is 9.90 Å². The molecule has 1 saturated carbocycles. The second kappa shape index (κ2) is 5.07. The average Bonchev–Trinajstić information content (AvgIpc) is 2.73. The van der Waals surface area contributed by atoms with Gasteiger partial charge in [-0.1, -0.05) is 0 Å². The number of nitrogens with one attached hydrogen (secondary N) is 1. The smallest absolute Gasteiger partial charge is 0.252 e. The Morgan fingerprint density at radius 1 is 1.56 bits per heavy atom. The number of pyridine rings is 1. The molecule has 1 aliphatic rings. The maximum atomic E-state index is 11.7. The van der Waals surface area contributed by atoms with Crippen molar-refractivity contribution in [1.29, 1.82) is 0 Å². The van der Waals surface area contributed by atoms with Crippen LogP contribution < -0.4 is 5.32 Å². The van der Waals surface area contributed by atoms with Crippen molar-refractivity contribution in [3.63, 3.8) is 0 Å². The number of aliphatic hydroxyl groups excluding tert-OH is 1. The van der Waals surface area contributed by atoms with Crippen LogP contribution in [-0.4, -0.2) is 28.6 Å². The van der Waals surface area contributed by atoms with E-state index in [1.165, 1.54) is 0 Å². The number of rotatable bonds is 3. The van der Waals surface area contributed by atoms with Gasteiger partial charge in [0.2, 0.25) is 0 Å². The fraction of sp³-hybridized carbons (Fsp3) is 0.500. The minimum Gasteiger partial charge on any atom is -0.393 e. The van der Waals surface area contributed by atoms with Crippen LogP contribution in [-0.2, 0) is 0 Å². The second-order valence-corrected chi connectivity index (χ2v) is 4.28. The summed E-state index contributed by atoms with van der Waals surface area (Å²) in [6.07, 6.45) is 5.67. The lowest BCUT2D eigenvalue weighted by Crippen LogP contribution is -2.28. The van der Waals surface area contributed by atoms with Crippen LogP contribution in [0.4, 0.5) is 0 Å². The van der Waals surface area contributed by atoms with Crippen LogP contribution in [0.25, 0.3) is 0 Å². The highest BCUT2D eigenvalue weighted by molar-refractivity contribution is 5.93. The molecule has 0 aliphatic heterocycles. The molecule has 2 rings (SSSR count). The lowest BCUT2D eigenvalue weighted by Gasteiger charge is -2.10. The lowest BCUT2D eigenvalue weighted by molar-refractivity contribution is 0.0944. The van der Waals surface area contributed by atoms with E-state index in [4.69, 9.17) is 0 Å². The van der Waals surface area contributed by atoms with E-state index in [0.717, 1.165) is 19.3 Å². The Morgan fingerprint density at radius 2 is 2.44 bits per heavy atom. The standard InChI is InChI=1S/C12H16N2O2/c15-11-4-3-9(6-11)7-14-12(16)10-2-1-5-13-8-10/h1-2,5,8-9,11,15H,3-4,6-7H2,(H,14,16). The third-order valence-electron chi connectivity index (χ3n) is 2.99. The molecule has 0 radical (unpaired) electrons. The van der Waals surface area contributed by atoms with Crippen molar-refractivity contribution in [2.24, 2.45) is 5.92 Å². The van der Waals surface area contributed by atoms with Crippen LogP contribution in [0.15, 0.2) is 24.5 Å². The molecule has 86 valence electrons. The molecule has 1 fully saturated rings. The number of amides is 1. The number of hydrogen-bond acceptors (Lipinski definition) is 3. The first-order valence-corrected chi connectivity index (χ1v) is 5.62. The molecule has 0 saturated heterocycles. The van der Waals surface area contributed by atoms with E-state index in [1.807, 2.05) is 0 Å². The van der Waals surface area contributed by atoms with E-state index in [0.29, 0.717) is 18.0 Å². The molecular weight excluding hydrogens is 204 g/mol. The SMILES string of the molecule is O=C(NCC1CCC(O)C1)c1cccnc1. The zero-order chi connectivity index (χ0) is 11.4. The van der Waals surface area contributed by atoms with Crippen LogP contribution in [0, 0.1) is 5.92 Å². The Bertz CT molecular complexity index is 353. The maximum Gasteiger partial charge on any atom is 0.252 e. The van der Waals surface area contributed by atoms with Crippen molar-refractivity contribution in [3.8, 4) is 0 Å². The van der Waals surface area contributed by atoms with E-state index in [2.05, 4.69) is 10.3 Å². The first kappa shape index (κ1) is 11.1. The highest BCUT2D eigenvalue weighted by atomic mass is 16.3. The first-order valence-electron chi connectivity index (χ1n) is 5.62. The Morgan fingerprint density at radius 3 is 3.06 bits per heavy atom. The van der Waals surface area contributed by atoms with Gasteiger partial charge in [-0.25, -0.2) is 0 Å². The van der Waals surface area contributed by atoms with E-state index < -0.39 is 0 Å². The molecule has 0 aromatic carbocycles. The predicted octanol–water partition coefficient (Wildman–Crippen LogP) is 0.972. The quantitative estimate of drug-likeness (QED) is 0.798. The molecule has 16 heavy (non-hydrogen) atoms. The summed E-state index contributed by atoms with van der Waals surface area (Å²) in [5.41, 5.74) is 0.584. The number of nitrogens with zero attached hydrogens (tertiary/aromatic N) is 1. The summed E-state index contributed by atoms with van der Waals surface area (Å²) in [4.78, 5) is 15.6. The van der Waals surface area contributed by atoms with Crippen molar-refractivity contribution in [3.05, 3.63) is 30.1 Å². The topological polar surface area (TPSA) is 62.2 Å². The van der Waals surface area contributed by atoms with Crippen LogP contribution in [0.5, 0.6) is 0 Å². The lowest BCUT2D eigenvalue weighted by atomic mass is 10.1. The molecule has 1 aromatic heterocycles. The van der Waals surface area contributed by atoms with E-state index >= 15 is 0 Å². The molecular formula is C12H16N2O2. The number of hydrogen-bond donors (Lipinski definition) is 2. The van der Waals surface area contributed by atoms with E-state index in [-0.39, 0.29) is 12.0 Å². The third kappa shape index (κ3) is 2.79. The first-order chi connectivity index (χ1) is 7.75. The van der Waals surface area contributed by atoms with E-state index in [1.54, 1.807) is 24.5 Å². The molecule has 1 aromatic rings. The summed E-state index contributed by atoms with van der Waals surface area (Å²) >= 11 is 0. The summed E-state index contributed by atoms with van der Waals surface area (Å²) in [5, 5.41) is 12.2. The van der Waals surface area contributed by atoms with Gasteiger partial charge in [0, 0.05) is 18.9 Å². The summed E-state index contributed by atoms with van der Waals surface area (Å²) in [6.45, 7) is 0.644. The Hall–Kier alpha value is -1.42. The van der Waals surface area contributed by atoms with Gasteiger partial charge in [-0.3, -0.25) is 9.78 Å². The molecule has 4 heteroatoms. The predicted molar refractivity (Wildman–Crippen MR) is 59.9 cm³/mol. The van der Waals surface area contributed by atoms with Gasteiger partial charge in [0.1, 0.15) is 0 Å². The molecule has 1 aliphatic carbocycles. The van der Waals surface area contributed by atoms with Gasteiger partial charge in [0.05, 0.1) is 11.7 Å². The molecule has 0 bridgehead atoms. The van der Waals surface area contributed by atoms with Crippen molar-refractivity contribution in [1.82, 2.24) is 10.3 Å². The summed E-state index contributed by atoms with van der Waals surface area (Å²) < 4.78 is 0. The van der Waals surface area contributed by atoms with Crippen LogP contribution in [0.3, 0.4) is 0 Å². The van der Waals surface area contributed by atoms with Gasteiger partial charge in [0.25, 0.3) is 5.91 Å². The normalized spacial score (nSPS) is 24.3. The monoisotopic (exact) mass is 220 g/mol. The van der Waals surface area contributed by atoms with Crippen LogP contribution in [0.1, 0.15) is 29.6 Å². The Labute approximate surface area is 94.7 Å². The van der Waals surface area contributed by atoms with Crippen LogP contribution >= 0.6 is 0 Å². The second-order valence-electron chi connectivity index (χ2n) is 4.28. The van der Waals surface area contributed by atoms with Gasteiger partial charge in [-0.15, -0.1) is 0 Å². The molecule has 1 heterocycles. The molecule has 1 amide bonds. The van der Waals surface area contributed by atoms with Crippen molar-refractivity contribution in [2.75, 3.05) is 6.54 Å². The highest BCUT2D eigenvalue weighted by Gasteiger charge is 2.22. The summed E-state index contributed by atoms with van der Waals surface area (Å²) in [6, 6.07) is 3.49. The number of carbonyl (C=O) groups excluding carboxylic acids is 1. The van der Waals surface area contributed by atoms with Gasteiger partial charge in [0.15, 0.2) is 0 Å². The summed E-state index contributed by atoms with van der Waals surface area (Å²) in [7, 11) is 0. The van der Waals surface area contributed by atoms with Crippen molar-refractivity contribution >= 4 is 5.91 Å².